The molecule has 1 aliphatic carbocycles. The first-order chi connectivity index (χ1) is 9.11. The standard InChI is InChI=1S/C12H15F3N2O2S/c1-8-2-5-10(6-11(8)16)20(18,19)17(9-3-4-9)7-12(13,14)15/h2,5-6,9H,3-4,7,16H2,1H3. The predicted octanol–water partition coefficient (Wildman–Crippen LogP) is 2.29. The van der Waals surface area contributed by atoms with Crippen molar-refractivity contribution < 1.29 is 21.6 Å². The number of hydrogen-bond donors (Lipinski definition) is 1. The van der Waals surface area contributed by atoms with Crippen LogP contribution in [0.15, 0.2) is 23.1 Å². The first-order valence-corrected chi connectivity index (χ1v) is 7.50. The maximum absolute atomic E-state index is 12.6. The third kappa shape index (κ3) is 3.24. The Morgan fingerprint density at radius 3 is 2.40 bits per heavy atom. The van der Waals surface area contributed by atoms with Gasteiger partial charge >= 0.3 is 6.18 Å². The molecule has 0 amide bonds. The van der Waals surface area contributed by atoms with Gasteiger partial charge in [-0.2, -0.15) is 17.5 Å². The molecule has 1 aliphatic rings. The number of nitrogens with two attached hydrogens (primary N) is 1. The Morgan fingerprint density at radius 2 is 1.95 bits per heavy atom. The van der Waals surface area contributed by atoms with Crippen LogP contribution in [0, 0.1) is 6.92 Å². The van der Waals surface area contributed by atoms with Gasteiger partial charge in [-0.3, -0.25) is 0 Å². The van der Waals surface area contributed by atoms with Crippen molar-refractivity contribution in [2.24, 2.45) is 0 Å². The van der Waals surface area contributed by atoms with Crippen LogP contribution < -0.4 is 5.73 Å². The summed E-state index contributed by atoms with van der Waals surface area (Å²) in [6, 6.07) is 3.41. The van der Waals surface area contributed by atoms with Crippen molar-refractivity contribution >= 4 is 15.7 Å². The molecule has 0 spiro atoms. The SMILES string of the molecule is Cc1ccc(S(=O)(=O)N(CC(F)(F)F)C2CC2)cc1N. The smallest absolute Gasteiger partial charge is 0.398 e. The van der Waals surface area contributed by atoms with E-state index in [-0.39, 0.29) is 10.6 Å². The molecule has 0 bridgehead atoms. The monoisotopic (exact) mass is 308 g/mol. The van der Waals surface area contributed by atoms with E-state index in [4.69, 9.17) is 5.73 Å². The average Bonchev–Trinajstić information content (AvgIpc) is 3.12. The van der Waals surface area contributed by atoms with Crippen molar-refractivity contribution in [2.75, 3.05) is 12.3 Å². The van der Waals surface area contributed by atoms with E-state index in [1.807, 2.05) is 0 Å². The van der Waals surface area contributed by atoms with Crippen LogP contribution in [-0.4, -0.2) is 31.5 Å². The first-order valence-electron chi connectivity index (χ1n) is 6.06. The molecule has 1 saturated carbocycles. The normalized spacial score (nSPS) is 16.6. The largest absolute Gasteiger partial charge is 0.402 e. The molecular formula is C12H15F3N2O2S. The fraction of sp³-hybridized carbons (Fsp3) is 0.500. The number of rotatable bonds is 4. The minimum absolute atomic E-state index is 0.197. The summed E-state index contributed by atoms with van der Waals surface area (Å²) < 4.78 is 62.8. The summed E-state index contributed by atoms with van der Waals surface area (Å²) >= 11 is 0. The maximum atomic E-state index is 12.6. The highest BCUT2D eigenvalue weighted by Gasteiger charge is 2.44. The lowest BCUT2D eigenvalue weighted by atomic mass is 10.2. The zero-order chi connectivity index (χ0) is 15.1. The summed E-state index contributed by atoms with van der Waals surface area (Å²) in [5.74, 6) is 0. The number of nitrogens with zero attached hydrogens (tertiary/aromatic N) is 1. The van der Waals surface area contributed by atoms with Gasteiger partial charge in [0, 0.05) is 11.7 Å². The lowest BCUT2D eigenvalue weighted by Gasteiger charge is -2.23. The van der Waals surface area contributed by atoms with E-state index < -0.39 is 28.8 Å². The number of anilines is 1. The van der Waals surface area contributed by atoms with Crippen LogP contribution in [0.25, 0.3) is 0 Å². The number of aryl methyl sites for hydroxylation is 1. The Bertz CT molecular complexity index is 610. The minimum atomic E-state index is -4.56. The van der Waals surface area contributed by atoms with Crippen LogP contribution in [0.4, 0.5) is 18.9 Å². The summed E-state index contributed by atoms with van der Waals surface area (Å²) in [5.41, 5.74) is 6.55. The van der Waals surface area contributed by atoms with E-state index in [0.717, 1.165) is 0 Å². The molecule has 0 heterocycles. The highest BCUT2D eigenvalue weighted by Crippen LogP contribution is 2.35. The third-order valence-corrected chi connectivity index (χ3v) is 5.04. The van der Waals surface area contributed by atoms with Crippen LogP contribution >= 0.6 is 0 Å². The Kier molecular flexibility index (Phi) is 3.72. The Morgan fingerprint density at radius 1 is 1.35 bits per heavy atom. The van der Waals surface area contributed by atoms with Crippen molar-refractivity contribution in [2.45, 2.75) is 36.9 Å². The van der Waals surface area contributed by atoms with Crippen LogP contribution in [0.3, 0.4) is 0 Å². The topological polar surface area (TPSA) is 63.4 Å². The van der Waals surface area contributed by atoms with Crippen molar-refractivity contribution in [1.29, 1.82) is 0 Å². The number of benzene rings is 1. The number of hydrogen-bond acceptors (Lipinski definition) is 3. The van der Waals surface area contributed by atoms with Gasteiger partial charge in [0.25, 0.3) is 0 Å². The number of alkyl halides is 3. The second-order valence-corrected chi connectivity index (χ2v) is 6.81. The van der Waals surface area contributed by atoms with Gasteiger partial charge in [-0.15, -0.1) is 0 Å². The molecule has 8 heteroatoms. The van der Waals surface area contributed by atoms with Gasteiger partial charge in [-0.25, -0.2) is 8.42 Å². The molecule has 0 saturated heterocycles. The molecule has 0 radical (unpaired) electrons. The molecule has 0 aliphatic heterocycles. The quantitative estimate of drug-likeness (QED) is 0.868. The van der Waals surface area contributed by atoms with Gasteiger partial charge in [0.05, 0.1) is 4.90 Å². The van der Waals surface area contributed by atoms with Gasteiger partial charge in [-0.05, 0) is 37.5 Å². The molecule has 2 N–H and O–H groups in total. The van der Waals surface area contributed by atoms with E-state index in [1.54, 1.807) is 6.92 Å². The fourth-order valence-electron chi connectivity index (χ4n) is 1.86. The lowest BCUT2D eigenvalue weighted by molar-refractivity contribution is -0.137. The van der Waals surface area contributed by atoms with E-state index >= 15 is 0 Å². The molecule has 0 aromatic heterocycles. The van der Waals surface area contributed by atoms with Crippen molar-refractivity contribution in [3.8, 4) is 0 Å². The highest BCUT2D eigenvalue weighted by molar-refractivity contribution is 7.89. The molecule has 112 valence electrons. The molecule has 0 atom stereocenters. The number of halogens is 3. The summed E-state index contributed by atoms with van der Waals surface area (Å²) in [5, 5.41) is 0. The average molecular weight is 308 g/mol. The second-order valence-electron chi connectivity index (χ2n) is 4.92. The number of sulfonamides is 1. The Balaban J connectivity index is 2.37. The van der Waals surface area contributed by atoms with E-state index in [0.29, 0.717) is 22.7 Å². The Labute approximate surface area is 115 Å². The molecular weight excluding hydrogens is 293 g/mol. The van der Waals surface area contributed by atoms with E-state index in [1.165, 1.54) is 18.2 Å². The molecule has 20 heavy (non-hydrogen) atoms. The lowest BCUT2D eigenvalue weighted by Crippen LogP contribution is -2.40. The third-order valence-electron chi connectivity index (χ3n) is 3.15. The first kappa shape index (κ1) is 15.1. The summed E-state index contributed by atoms with van der Waals surface area (Å²) in [7, 11) is -4.18. The minimum Gasteiger partial charge on any atom is -0.398 e. The van der Waals surface area contributed by atoms with Gasteiger partial charge < -0.3 is 5.73 Å². The van der Waals surface area contributed by atoms with E-state index in [9.17, 15) is 21.6 Å². The second kappa shape index (κ2) is 4.92. The van der Waals surface area contributed by atoms with E-state index in [2.05, 4.69) is 0 Å². The molecule has 4 nitrogen and oxygen atoms in total. The Hall–Kier alpha value is -1.28. The molecule has 0 unspecified atom stereocenters. The molecule has 1 fully saturated rings. The van der Waals surface area contributed by atoms with Crippen molar-refractivity contribution in [3.05, 3.63) is 23.8 Å². The molecule has 2 rings (SSSR count). The summed E-state index contributed by atoms with van der Waals surface area (Å²) in [6.07, 6.45) is -3.65. The maximum Gasteiger partial charge on any atom is 0.402 e. The highest BCUT2D eigenvalue weighted by atomic mass is 32.2. The predicted molar refractivity (Wildman–Crippen MR) is 68.6 cm³/mol. The van der Waals surface area contributed by atoms with Crippen molar-refractivity contribution in [1.82, 2.24) is 4.31 Å². The van der Waals surface area contributed by atoms with Crippen molar-refractivity contribution in [3.63, 3.8) is 0 Å². The summed E-state index contributed by atoms with van der Waals surface area (Å²) in [6.45, 7) is 0.230. The van der Waals surface area contributed by atoms with Crippen LogP contribution in [0.1, 0.15) is 18.4 Å². The zero-order valence-electron chi connectivity index (χ0n) is 10.8. The zero-order valence-corrected chi connectivity index (χ0v) is 11.6. The van der Waals surface area contributed by atoms with Gasteiger partial charge in [0.1, 0.15) is 6.54 Å². The van der Waals surface area contributed by atoms with Crippen LogP contribution in [0.5, 0.6) is 0 Å². The molecule has 1 aromatic rings. The van der Waals surface area contributed by atoms with Gasteiger partial charge in [-0.1, -0.05) is 6.07 Å². The summed E-state index contributed by atoms with van der Waals surface area (Å²) in [4.78, 5) is -0.197. The van der Waals surface area contributed by atoms with Gasteiger partial charge in [0.2, 0.25) is 10.0 Å². The number of nitrogen functional groups attached to an aromatic ring is 1. The molecule has 1 aromatic carbocycles. The van der Waals surface area contributed by atoms with Crippen LogP contribution in [0.2, 0.25) is 0 Å². The van der Waals surface area contributed by atoms with Crippen LogP contribution in [-0.2, 0) is 10.0 Å². The van der Waals surface area contributed by atoms with Gasteiger partial charge in [0.15, 0.2) is 0 Å². The fourth-order valence-corrected chi connectivity index (χ4v) is 3.57.